The van der Waals surface area contributed by atoms with Crippen molar-refractivity contribution in [3.63, 3.8) is 0 Å². The van der Waals surface area contributed by atoms with Crippen molar-refractivity contribution in [1.82, 2.24) is 14.7 Å². The maximum Gasteiger partial charge on any atom is 0.267 e. The first-order valence-electron chi connectivity index (χ1n) is 9.91. The standard InChI is InChI=1S/C22H22ClFN4O2S/c1-22(2,28-20(29)8-7-18(25-28)19-4-3-13-31-19)21(30)27-11-9-26(10-12-27)15-5-6-17(24)16(23)14-15/h3-8,13-14H,9-12H2,1-2H3. The summed E-state index contributed by atoms with van der Waals surface area (Å²) in [6, 6.07) is 11.6. The van der Waals surface area contributed by atoms with Gasteiger partial charge in [-0.1, -0.05) is 17.7 Å². The largest absolute Gasteiger partial charge is 0.368 e. The molecule has 1 aliphatic heterocycles. The summed E-state index contributed by atoms with van der Waals surface area (Å²) in [6.45, 7) is 5.57. The van der Waals surface area contributed by atoms with Crippen LogP contribution in [-0.4, -0.2) is 46.8 Å². The monoisotopic (exact) mass is 460 g/mol. The van der Waals surface area contributed by atoms with Crippen LogP contribution in [-0.2, 0) is 10.3 Å². The maximum absolute atomic E-state index is 13.4. The number of benzene rings is 1. The summed E-state index contributed by atoms with van der Waals surface area (Å²) in [6.07, 6.45) is 0. The minimum Gasteiger partial charge on any atom is -0.368 e. The van der Waals surface area contributed by atoms with Crippen LogP contribution in [0.15, 0.2) is 52.6 Å². The van der Waals surface area contributed by atoms with Crippen molar-refractivity contribution in [3.8, 4) is 10.6 Å². The van der Waals surface area contributed by atoms with E-state index in [1.807, 2.05) is 17.5 Å². The third-order valence-electron chi connectivity index (χ3n) is 5.46. The van der Waals surface area contributed by atoms with E-state index in [0.717, 1.165) is 10.6 Å². The Labute approximate surface area is 188 Å². The lowest BCUT2D eigenvalue weighted by Crippen LogP contribution is -2.56. The highest BCUT2D eigenvalue weighted by molar-refractivity contribution is 7.13. The van der Waals surface area contributed by atoms with E-state index in [0.29, 0.717) is 31.9 Å². The summed E-state index contributed by atoms with van der Waals surface area (Å²) >= 11 is 7.43. The fraction of sp³-hybridized carbons (Fsp3) is 0.318. The number of rotatable bonds is 4. The predicted molar refractivity (Wildman–Crippen MR) is 121 cm³/mol. The van der Waals surface area contributed by atoms with Gasteiger partial charge in [0.1, 0.15) is 17.1 Å². The van der Waals surface area contributed by atoms with Crippen LogP contribution >= 0.6 is 22.9 Å². The van der Waals surface area contributed by atoms with Gasteiger partial charge in [-0.05, 0) is 49.6 Å². The van der Waals surface area contributed by atoms with E-state index >= 15 is 0 Å². The van der Waals surface area contributed by atoms with E-state index < -0.39 is 11.4 Å². The lowest BCUT2D eigenvalue weighted by molar-refractivity contribution is -0.140. The molecule has 4 rings (SSSR count). The molecule has 9 heteroatoms. The topological polar surface area (TPSA) is 58.4 Å². The van der Waals surface area contributed by atoms with Gasteiger partial charge >= 0.3 is 0 Å². The highest BCUT2D eigenvalue weighted by atomic mass is 35.5. The molecule has 3 heterocycles. The summed E-state index contributed by atoms with van der Waals surface area (Å²) in [4.78, 5) is 30.6. The van der Waals surface area contributed by atoms with Crippen molar-refractivity contribution in [2.24, 2.45) is 0 Å². The van der Waals surface area contributed by atoms with Gasteiger partial charge in [-0.25, -0.2) is 9.07 Å². The summed E-state index contributed by atoms with van der Waals surface area (Å²) in [5.41, 5.74) is 0.0251. The Morgan fingerprint density at radius 3 is 2.52 bits per heavy atom. The summed E-state index contributed by atoms with van der Waals surface area (Å²) in [5.74, 6) is -0.620. The molecule has 1 aromatic carbocycles. The molecule has 0 atom stereocenters. The molecule has 1 amide bonds. The number of amides is 1. The number of aromatic nitrogens is 2. The second-order valence-electron chi connectivity index (χ2n) is 7.88. The normalized spacial score (nSPS) is 14.7. The molecule has 6 nitrogen and oxygen atoms in total. The van der Waals surface area contributed by atoms with Crippen LogP contribution in [0.2, 0.25) is 5.02 Å². The zero-order valence-electron chi connectivity index (χ0n) is 17.2. The minimum absolute atomic E-state index is 0.0770. The van der Waals surface area contributed by atoms with Gasteiger partial charge in [-0.3, -0.25) is 9.59 Å². The van der Waals surface area contributed by atoms with Crippen LogP contribution in [0.3, 0.4) is 0 Å². The Hall–Kier alpha value is -2.71. The number of hydrogen-bond acceptors (Lipinski definition) is 5. The van der Waals surface area contributed by atoms with Crippen molar-refractivity contribution in [1.29, 1.82) is 0 Å². The molecule has 0 aliphatic carbocycles. The SMILES string of the molecule is CC(C)(C(=O)N1CCN(c2ccc(F)c(Cl)c2)CC1)n1nc(-c2cccs2)ccc1=O. The average Bonchev–Trinajstić information content (AvgIpc) is 3.30. The Bertz CT molecular complexity index is 1150. The molecule has 162 valence electrons. The van der Waals surface area contributed by atoms with Crippen molar-refractivity contribution >= 4 is 34.5 Å². The van der Waals surface area contributed by atoms with Crippen LogP contribution in [0.25, 0.3) is 10.6 Å². The molecule has 0 unspecified atom stereocenters. The molecule has 31 heavy (non-hydrogen) atoms. The molecule has 0 bridgehead atoms. The van der Waals surface area contributed by atoms with Gasteiger partial charge < -0.3 is 9.80 Å². The Morgan fingerprint density at radius 1 is 1.13 bits per heavy atom. The zero-order chi connectivity index (χ0) is 22.2. The second-order valence-corrected chi connectivity index (χ2v) is 9.24. The molecule has 1 fully saturated rings. The van der Waals surface area contributed by atoms with Crippen LogP contribution in [0.1, 0.15) is 13.8 Å². The molecule has 0 N–H and O–H groups in total. The van der Waals surface area contributed by atoms with Crippen molar-refractivity contribution in [3.05, 3.63) is 69.0 Å². The van der Waals surface area contributed by atoms with E-state index in [4.69, 9.17) is 11.6 Å². The number of thiophene rings is 1. The first-order chi connectivity index (χ1) is 14.8. The lowest BCUT2D eigenvalue weighted by atomic mass is 10.0. The quantitative estimate of drug-likeness (QED) is 0.593. The van der Waals surface area contributed by atoms with Gasteiger partial charge in [0.15, 0.2) is 0 Å². The number of carbonyl (C=O) groups excluding carboxylic acids is 1. The van der Waals surface area contributed by atoms with Crippen molar-refractivity contribution < 1.29 is 9.18 Å². The summed E-state index contributed by atoms with van der Waals surface area (Å²) in [7, 11) is 0. The Morgan fingerprint density at radius 2 is 1.87 bits per heavy atom. The molecule has 2 aromatic heterocycles. The first-order valence-corrected chi connectivity index (χ1v) is 11.2. The van der Waals surface area contributed by atoms with Crippen LogP contribution in [0, 0.1) is 5.82 Å². The summed E-state index contributed by atoms with van der Waals surface area (Å²) in [5, 5.41) is 6.51. The molecule has 0 spiro atoms. The molecule has 1 aliphatic rings. The number of piperazine rings is 1. The highest BCUT2D eigenvalue weighted by Crippen LogP contribution is 2.26. The molecule has 0 radical (unpaired) electrons. The number of nitrogens with zero attached hydrogens (tertiary/aromatic N) is 4. The van der Waals surface area contributed by atoms with Gasteiger partial charge in [0.2, 0.25) is 5.91 Å². The van der Waals surface area contributed by atoms with Gasteiger partial charge in [0, 0.05) is 37.9 Å². The fourth-order valence-electron chi connectivity index (χ4n) is 3.69. The van der Waals surface area contributed by atoms with Gasteiger partial charge in [-0.2, -0.15) is 5.10 Å². The maximum atomic E-state index is 13.4. The van der Waals surface area contributed by atoms with Gasteiger partial charge in [-0.15, -0.1) is 11.3 Å². The molecular weight excluding hydrogens is 439 g/mol. The number of hydrogen-bond donors (Lipinski definition) is 0. The number of halogens is 2. The van der Waals surface area contributed by atoms with Crippen LogP contribution in [0.5, 0.6) is 0 Å². The third kappa shape index (κ3) is 4.22. The van der Waals surface area contributed by atoms with Crippen LogP contribution in [0.4, 0.5) is 10.1 Å². The highest BCUT2D eigenvalue weighted by Gasteiger charge is 2.37. The predicted octanol–water partition coefficient (Wildman–Crippen LogP) is 3.85. The van der Waals surface area contributed by atoms with E-state index in [1.165, 1.54) is 28.2 Å². The number of carbonyl (C=O) groups is 1. The number of anilines is 1. The molecule has 3 aromatic rings. The lowest BCUT2D eigenvalue weighted by Gasteiger charge is -2.39. The minimum atomic E-state index is -1.13. The smallest absolute Gasteiger partial charge is 0.267 e. The Balaban J connectivity index is 1.51. The Kier molecular flexibility index (Phi) is 5.85. The van der Waals surface area contributed by atoms with E-state index in [-0.39, 0.29) is 16.5 Å². The van der Waals surface area contributed by atoms with Gasteiger partial charge in [0.05, 0.1) is 9.90 Å². The average molecular weight is 461 g/mol. The van der Waals surface area contributed by atoms with E-state index in [1.54, 1.807) is 36.9 Å². The fourth-order valence-corrected chi connectivity index (χ4v) is 4.56. The molecular formula is C22H22ClFN4O2S. The molecule has 0 saturated carbocycles. The van der Waals surface area contributed by atoms with Crippen molar-refractivity contribution in [2.45, 2.75) is 19.4 Å². The van der Waals surface area contributed by atoms with E-state index in [9.17, 15) is 14.0 Å². The third-order valence-corrected chi connectivity index (χ3v) is 6.64. The van der Waals surface area contributed by atoms with Crippen LogP contribution < -0.4 is 10.5 Å². The summed E-state index contributed by atoms with van der Waals surface area (Å²) < 4.78 is 14.7. The zero-order valence-corrected chi connectivity index (χ0v) is 18.8. The van der Waals surface area contributed by atoms with Gasteiger partial charge in [0.25, 0.3) is 5.56 Å². The first kappa shape index (κ1) is 21.5. The second kappa shape index (κ2) is 8.43. The van der Waals surface area contributed by atoms with Crippen molar-refractivity contribution in [2.75, 3.05) is 31.1 Å². The van der Waals surface area contributed by atoms with E-state index in [2.05, 4.69) is 10.00 Å². The molecule has 1 saturated heterocycles.